The van der Waals surface area contributed by atoms with Crippen molar-refractivity contribution in [1.29, 1.82) is 0 Å². The van der Waals surface area contributed by atoms with Crippen molar-refractivity contribution in [3.8, 4) is 0 Å². The van der Waals surface area contributed by atoms with Crippen molar-refractivity contribution in [3.63, 3.8) is 0 Å². The molecule has 0 atom stereocenters. The number of nitrogens with zero attached hydrogens (tertiary/aromatic N) is 3. The van der Waals surface area contributed by atoms with E-state index in [0.717, 1.165) is 0 Å². The van der Waals surface area contributed by atoms with Crippen molar-refractivity contribution in [3.05, 3.63) is 70.6 Å². The van der Waals surface area contributed by atoms with Gasteiger partial charge in [-0.3, -0.25) is 9.59 Å². The van der Waals surface area contributed by atoms with Gasteiger partial charge in [-0.25, -0.2) is 18.3 Å². The average molecular weight is 456 g/mol. The first-order valence-corrected chi connectivity index (χ1v) is 11.3. The predicted octanol–water partition coefficient (Wildman–Crippen LogP) is 0.613. The summed E-state index contributed by atoms with van der Waals surface area (Å²) in [4.78, 5) is 38.4. The summed E-state index contributed by atoms with van der Waals surface area (Å²) in [5.41, 5.74) is -0.525. The molecule has 1 aromatic heterocycles. The Morgan fingerprint density at radius 2 is 1.56 bits per heavy atom. The second-order valence-corrected chi connectivity index (χ2v) is 9.06. The van der Waals surface area contributed by atoms with Gasteiger partial charge in [-0.2, -0.15) is 9.40 Å². The molecule has 3 aromatic rings. The first kappa shape index (κ1) is 21.7. The first-order chi connectivity index (χ1) is 15.4. The van der Waals surface area contributed by atoms with Gasteiger partial charge in [0.25, 0.3) is 11.5 Å². The van der Waals surface area contributed by atoms with Crippen molar-refractivity contribution in [2.24, 2.45) is 0 Å². The lowest BCUT2D eigenvalue weighted by Crippen LogP contribution is -2.51. The van der Waals surface area contributed by atoms with Crippen molar-refractivity contribution in [2.45, 2.75) is 4.90 Å². The SMILES string of the molecule is O=C(OCC(=O)N1CCN(S(=O)(=O)c2ccccc2)CC1)c1n[nH]c(=O)c2ccccc12. The van der Waals surface area contributed by atoms with Gasteiger partial charge in [-0.1, -0.05) is 36.4 Å². The molecule has 0 aliphatic carbocycles. The minimum absolute atomic E-state index is 0.0910. The fourth-order valence-corrected chi connectivity index (χ4v) is 4.92. The lowest BCUT2D eigenvalue weighted by atomic mass is 10.1. The topological polar surface area (TPSA) is 130 Å². The molecular weight excluding hydrogens is 436 g/mol. The number of hydrogen-bond donors (Lipinski definition) is 1. The summed E-state index contributed by atoms with van der Waals surface area (Å²) >= 11 is 0. The molecule has 0 spiro atoms. The standard InChI is InChI=1S/C21H20N4O6S/c26-18(14-31-21(28)19-16-8-4-5-9-17(16)20(27)23-22-19)24-10-12-25(13-11-24)32(29,30)15-6-2-1-3-7-15/h1-9H,10-14H2,(H,23,27). The van der Waals surface area contributed by atoms with Crippen LogP contribution in [0.2, 0.25) is 0 Å². The molecule has 166 valence electrons. The zero-order valence-corrected chi connectivity index (χ0v) is 17.7. The third kappa shape index (κ3) is 4.25. The van der Waals surface area contributed by atoms with Crippen molar-refractivity contribution >= 4 is 32.7 Å². The molecular formula is C21H20N4O6S. The number of sulfonamides is 1. The second kappa shape index (κ2) is 8.89. The summed E-state index contributed by atoms with van der Waals surface area (Å²) in [5.74, 6) is -1.28. The van der Waals surface area contributed by atoms with Gasteiger partial charge >= 0.3 is 5.97 Å². The maximum Gasteiger partial charge on any atom is 0.359 e. The molecule has 4 rings (SSSR count). The summed E-state index contributed by atoms with van der Waals surface area (Å²) in [6, 6.07) is 14.6. The van der Waals surface area contributed by atoms with Gasteiger partial charge < -0.3 is 9.64 Å². The molecule has 0 radical (unpaired) electrons. The number of rotatable bonds is 5. The highest BCUT2D eigenvalue weighted by Gasteiger charge is 2.30. The fourth-order valence-electron chi connectivity index (χ4n) is 3.48. The van der Waals surface area contributed by atoms with Crippen LogP contribution in [0.15, 0.2) is 64.3 Å². The van der Waals surface area contributed by atoms with E-state index < -0.39 is 34.1 Å². The summed E-state index contributed by atoms with van der Waals surface area (Å²) < 4.78 is 31.8. The van der Waals surface area contributed by atoms with Crippen molar-refractivity contribution in [1.82, 2.24) is 19.4 Å². The number of aromatic amines is 1. The van der Waals surface area contributed by atoms with Crippen LogP contribution in [-0.4, -0.2) is 72.5 Å². The molecule has 1 fully saturated rings. The van der Waals surface area contributed by atoms with Crippen LogP contribution in [0.1, 0.15) is 10.5 Å². The van der Waals surface area contributed by atoms with Crippen LogP contribution in [0.5, 0.6) is 0 Å². The Hall–Kier alpha value is -3.57. The molecule has 2 aromatic carbocycles. The van der Waals surface area contributed by atoms with Gasteiger partial charge in [0, 0.05) is 31.6 Å². The van der Waals surface area contributed by atoms with Crippen LogP contribution in [-0.2, 0) is 19.6 Å². The predicted molar refractivity (Wildman–Crippen MR) is 114 cm³/mol. The molecule has 1 aliphatic rings. The second-order valence-electron chi connectivity index (χ2n) is 7.12. The number of benzene rings is 2. The van der Waals surface area contributed by atoms with E-state index in [1.165, 1.54) is 21.3 Å². The molecule has 11 heteroatoms. The van der Waals surface area contributed by atoms with Crippen molar-refractivity contribution in [2.75, 3.05) is 32.8 Å². The normalized spacial score (nSPS) is 14.9. The number of carbonyl (C=O) groups is 2. The highest BCUT2D eigenvalue weighted by Crippen LogP contribution is 2.17. The lowest BCUT2D eigenvalue weighted by molar-refractivity contribution is -0.135. The Morgan fingerprint density at radius 1 is 0.938 bits per heavy atom. The van der Waals surface area contributed by atoms with Gasteiger partial charge in [-0.05, 0) is 18.2 Å². The van der Waals surface area contributed by atoms with Gasteiger partial charge in [0.05, 0.1) is 10.3 Å². The smallest absolute Gasteiger partial charge is 0.359 e. The van der Waals surface area contributed by atoms with Crippen LogP contribution in [0.25, 0.3) is 10.8 Å². The molecule has 1 amide bonds. The van der Waals surface area contributed by atoms with Crippen LogP contribution in [0.3, 0.4) is 0 Å². The summed E-state index contributed by atoms with van der Waals surface area (Å²) in [5, 5.41) is 6.61. The van der Waals surface area contributed by atoms with Gasteiger partial charge in [0.1, 0.15) is 0 Å². The van der Waals surface area contributed by atoms with Gasteiger partial charge in [0.2, 0.25) is 10.0 Å². The molecule has 0 unspecified atom stereocenters. The maximum atomic E-state index is 12.7. The average Bonchev–Trinajstić information content (AvgIpc) is 2.83. The highest BCUT2D eigenvalue weighted by molar-refractivity contribution is 7.89. The van der Waals surface area contributed by atoms with Crippen LogP contribution in [0.4, 0.5) is 0 Å². The largest absolute Gasteiger partial charge is 0.451 e. The molecule has 0 saturated carbocycles. The number of H-pyrrole nitrogens is 1. The van der Waals surface area contributed by atoms with Crippen LogP contribution >= 0.6 is 0 Å². The molecule has 10 nitrogen and oxygen atoms in total. The van der Waals surface area contributed by atoms with E-state index in [9.17, 15) is 22.8 Å². The summed E-state index contributed by atoms with van der Waals surface area (Å²) in [6.45, 7) is 0.135. The summed E-state index contributed by atoms with van der Waals surface area (Å²) in [7, 11) is -3.62. The highest BCUT2D eigenvalue weighted by atomic mass is 32.2. The third-order valence-electron chi connectivity index (χ3n) is 5.19. The monoisotopic (exact) mass is 456 g/mol. The number of carbonyl (C=O) groups excluding carboxylic acids is 2. The molecule has 1 aliphatic heterocycles. The zero-order valence-electron chi connectivity index (χ0n) is 16.9. The number of esters is 1. The molecule has 1 saturated heterocycles. The van der Waals surface area contributed by atoms with E-state index in [1.807, 2.05) is 0 Å². The van der Waals surface area contributed by atoms with E-state index in [2.05, 4.69) is 10.2 Å². The Kier molecular flexibility index (Phi) is 6.01. The number of fused-ring (bicyclic) bond motifs is 1. The first-order valence-electron chi connectivity index (χ1n) is 9.85. The Morgan fingerprint density at radius 3 is 2.25 bits per heavy atom. The number of ether oxygens (including phenoxy) is 1. The van der Waals surface area contributed by atoms with E-state index in [0.29, 0.717) is 5.39 Å². The number of piperazine rings is 1. The van der Waals surface area contributed by atoms with Gasteiger partial charge in [0.15, 0.2) is 12.3 Å². The molecule has 2 heterocycles. The Balaban J connectivity index is 1.36. The molecule has 1 N–H and O–H groups in total. The van der Waals surface area contributed by atoms with E-state index in [4.69, 9.17) is 4.74 Å². The van der Waals surface area contributed by atoms with E-state index in [-0.39, 0.29) is 42.2 Å². The quantitative estimate of drug-likeness (QED) is 0.557. The van der Waals surface area contributed by atoms with Crippen molar-refractivity contribution < 1.29 is 22.7 Å². The number of aromatic nitrogens is 2. The zero-order chi connectivity index (χ0) is 22.7. The lowest BCUT2D eigenvalue weighted by Gasteiger charge is -2.33. The number of nitrogens with one attached hydrogen (secondary N) is 1. The minimum Gasteiger partial charge on any atom is -0.451 e. The molecule has 32 heavy (non-hydrogen) atoms. The minimum atomic E-state index is -3.62. The van der Waals surface area contributed by atoms with E-state index >= 15 is 0 Å². The van der Waals surface area contributed by atoms with Gasteiger partial charge in [-0.15, -0.1) is 0 Å². The Labute approximate surface area is 183 Å². The number of amides is 1. The van der Waals surface area contributed by atoms with E-state index in [1.54, 1.807) is 42.5 Å². The molecule has 0 bridgehead atoms. The number of hydrogen-bond acceptors (Lipinski definition) is 7. The maximum absolute atomic E-state index is 12.7. The third-order valence-corrected chi connectivity index (χ3v) is 7.10. The Bertz CT molecular complexity index is 1310. The summed E-state index contributed by atoms with van der Waals surface area (Å²) in [6.07, 6.45) is 0. The van der Waals surface area contributed by atoms with Crippen LogP contribution in [0, 0.1) is 0 Å². The van der Waals surface area contributed by atoms with Crippen LogP contribution < -0.4 is 5.56 Å². The fraction of sp³-hybridized carbons (Fsp3) is 0.238.